The third-order valence-electron chi connectivity index (χ3n) is 1.75. The lowest BCUT2D eigenvalue weighted by atomic mass is 10.2. The summed E-state index contributed by atoms with van der Waals surface area (Å²) in [6.07, 6.45) is 0.756. The Hall–Kier alpha value is -1.13. The summed E-state index contributed by atoms with van der Waals surface area (Å²) in [5, 5.41) is 1.66. The van der Waals surface area contributed by atoms with E-state index in [0.29, 0.717) is 5.95 Å². The molecular formula is C9H8ClN3S. The molecule has 1 aromatic carbocycles. The summed E-state index contributed by atoms with van der Waals surface area (Å²) in [5.74, 6) is 0.346. The van der Waals surface area contributed by atoms with Gasteiger partial charge in [-0.3, -0.25) is 0 Å². The van der Waals surface area contributed by atoms with Gasteiger partial charge in [-0.05, 0) is 29.2 Å². The normalized spacial score (nSPS) is 10.4. The molecule has 3 nitrogen and oxygen atoms in total. The Labute approximate surface area is 90.7 Å². The Morgan fingerprint density at radius 3 is 2.57 bits per heavy atom. The van der Waals surface area contributed by atoms with Crippen LogP contribution in [0.25, 0.3) is 0 Å². The van der Waals surface area contributed by atoms with Crippen LogP contribution in [0.5, 0.6) is 0 Å². The van der Waals surface area contributed by atoms with E-state index in [2.05, 4.69) is 9.36 Å². The smallest absolute Gasteiger partial charge is 0.232 e. The van der Waals surface area contributed by atoms with Crippen LogP contribution < -0.4 is 5.73 Å². The molecule has 0 aliphatic heterocycles. The van der Waals surface area contributed by atoms with Crippen LogP contribution in [-0.4, -0.2) is 9.36 Å². The van der Waals surface area contributed by atoms with Gasteiger partial charge in [0.25, 0.3) is 0 Å². The summed E-state index contributed by atoms with van der Waals surface area (Å²) in [6.45, 7) is 0. The lowest BCUT2D eigenvalue weighted by molar-refractivity contribution is 1.14. The summed E-state index contributed by atoms with van der Waals surface area (Å²) in [7, 11) is 0. The number of halogens is 1. The van der Waals surface area contributed by atoms with E-state index in [1.807, 2.05) is 24.3 Å². The average molecular weight is 226 g/mol. The summed E-state index contributed by atoms with van der Waals surface area (Å²) >= 11 is 7.10. The van der Waals surface area contributed by atoms with E-state index in [9.17, 15) is 0 Å². The number of aromatic nitrogens is 2. The van der Waals surface area contributed by atoms with Gasteiger partial charge in [-0.2, -0.15) is 4.37 Å². The number of hydrogen-bond donors (Lipinski definition) is 1. The van der Waals surface area contributed by atoms with Gasteiger partial charge >= 0.3 is 0 Å². The molecule has 0 fully saturated rings. The fraction of sp³-hybridized carbons (Fsp3) is 0.111. The highest BCUT2D eigenvalue weighted by Crippen LogP contribution is 2.15. The predicted molar refractivity (Wildman–Crippen MR) is 58.6 cm³/mol. The Morgan fingerprint density at radius 2 is 2.00 bits per heavy atom. The highest BCUT2D eigenvalue weighted by Gasteiger charge is 2.01. The Kier molecular flexibility index (Phi) is 2.65. The van der Waals surface area contributed by atoms with Crippen LogP contribution in [0.3, 0.4) is 0 Å². The van der Waals surface area contributed by atoms with Crippen molar-refractivity contribution in [3.05, 3.63) is 39.9 Å². The number of rotatable bonds is 2. The number of nitrogen functional groups attached to an aromatic ring is 1. The molecule has 14 heavy (non-hydrogen) atoms. The summed E-state index contributed by atoms with van der Waals surface area (Å²) in [4.78, 5) is 4.08. The van der Waals surface area contributed by atoms with Gasteiger partial charge in [-0.15, -0.1) is 0 Å². The third-order valence-corrected chi connectivity index (χ3v) is 2.73. The molecule has 1 aromatic heterocycles. The minimum absolute atomic E-state index is 0.346. The summed E-state index contributed by atoms with van der Waals surface area (Å²) < 4.78 is 3.91. The van der Waals surface area contributed by atoms with Crippen molar-refractivity contribution in [2.24, 2.45) is 0 Å². The maximum absolute atomic E-state index is 5.77. The zero-order valence-corrected chi connectivity index (χ0v) is 8.85. The molecule has 2 aromatic rings. The topological polar surface area (TPSA) is 51.8 Å². The van der Waals surface area contributed by atoms with Crippen molar-refractivity contribution >= 4 is 29.1 Å². The Balaban J connectivity index is 2.15. The summed E-state index contributed by atoms with van der Waals surface area (Å²) in [5.41, 5.74) is 6.58. The minimum Gasteiger partial charge on any atom is -0.367 e. The monoisotopic (exact) mass is 225 g/mol. The molecule has 0 saturated carbocycles. The van der Waals surface area contributed by atoms with Gasteiger partial charge in [0.05, 0.1) is 0 Å². The Bertz CT molecular complexity index is 424. The highest BCUT2D eigenvalue weighted by atomic mass is 35.5. The van der Waals surface area contributed by atoms with Crippen molar-refractivity contribution in [1.29, 1.82) is 0 Å². The molecule has 0 aliphatic carbocycles. The first-order valence-corrected chi connectivity index (χ1v) is 5.22. The fourth-order valence-electron chi connectivity index (χ4n) is 1.12. The molecule has 0 spiro atoms. The lowest BCUT2D eigenvalue weighted by Gasteiger charge is -1.96. The standard InChI is InChI=1S/C9H8ClN3S/c10-7-3-1-6(2-4-7)5-8-12-9(11)13-14-8/h1-4H,5H2,(H2,11,13). The molecule has 0 unspecified atom stereocenters. The molecule has 2 N–H and O–H groups in total. The van der Waals surface area contributed by atoms with E-state index >= 15 is 0 Å². The second-order valence-electron chi connectivity index (χ2n) is 2.85. The van der Waals surface area contributed by atoms with Gasteiger partial charge in [0, 0.05) is 11.4 Å². The van der Waals surface area contributed by atoms with Crippen molar-refractivity contribution in [3.8, 4) is 0 Å². The first-order chi connectivity index (χ1) is 6.74. The second-order valence-corrected chi connectivity index (χ2v) is 4.12. The van der Waals surface area contributed by atoms with Gasteiger partial charge in [-0.1, -0.05) is 23.7 Å². The predicted octanol–water partition coefficient (Wildman–Crippen LogP) is 2.36. The molecule has 2 rings (SSSR count). The molecule has 1 heterocycles. The van der Waals surface area contributed by atoms with Gasteiger partial charge in [0.15, 0.2) is 0 Å². The number of benzene rings is 1. The largest absolute Gasteiger partial charge is 0.367 e. The average Bonchev–Trinajstić information content (AvgIpc) is 2.56. The SMILES string of the molecule is Nc1nsc(Cc2ccc(Cl)cc2)n1. The maximum Gasteiger partial charge on any atom is 0.232 e. The quantitative estimate of drug-likeness (QED) is 0.854. The van der Waals surface area contributed by atoms with Crippen molar-refractivity contribution in [2.45, 2.75) is 6.42 Å². The molecule has 0 atom stereocenters. The van der Waals surface area contributed by atoms with Gasteiger partial charge < -0.3 is 5.73 Å². The van der Waals surface area contributed by atoms with E-state index in [1.54, 1.807) is 0 Å². The molecule has 0 radical (unpaired) electrons. The third kappa shape index (κ3) is 2.21. The molecule has 0 amide bonds. The Morgan fingerprint density at radius 1 is 1.29 bits per heavy atom. The van der Waals surface area contributed by atoms with Crippen molar-refractivity contribution in [3.63, 3.8) is 0 Å². The number of hydrogen-bond acceptors (Lipinski definition) is 4. The van der Waals surface area contributed by atoms with E-state index in [-0.39, 0.29) is 0 Å². The van der Waals surface area contributed by atoms with Gasteiger partial charge in [0.1, 0.15) is 5.01 Å². The molecule has 0 bridgehead atoms. The van der Waals surface area contributed by atoms with E-state index in [1.165, 1.54) is 11.5 Å². The molecular weight excluding hydrogens is 218 g/mol. The van der Waals surface area contributed by atoms with Crippen LogP contribution in [0.15, 0.2) is 24.3 Å². The molecule has 0 aliphatic rings. The van der Waals surface area contributed by atoms with Crippen LogP contribution in [0, 0.1) is 0 Å². The van der Waals surface area contributed by atoms with E-state index in [4.69, 9.17) is 17.3 Å². The van der Waals surface area contributed by atoms with Crippen LogP contribution in [-0.2, 0) is 6.42 Å². The zero-order valence-electron chi connectivity index (χ0n) is 7.27. The molecule has 5 heteroatoms. The number of nitrogens with zero attached hydrogens (tertiary/aromatic N) is 2. The van der Waals surface area contributed by atoms with E-state index in [0.717, 1.165) is 22.0 Å². The van der Waals surface area contributed by atoms with E-state index < -0.39 is 0 Å². The first kappa shape index (κ1) is 9.43. The van der Waals surface area contributed by atoms with Gasteiger partial charge in [0.2, 0.25) is 5.95 Å². The minimum atomic E-state index is 0.346. The lowest BCUT2D eigenvalue weighted by Crippen LogP contribution is -1.89. The molecule has 0 saturated heterocycles. The van der Waals surface area contributed by atoms with Crippen molar-refractivity contribution in [1.82, 2.24) is 9.36 Å². The van der Waals surface area contributed by atoms with Gasteiger partial charge in [-0.25, -0.2) is 4.98 Å². The second kappa shape index (κ2) is 3.94. The number of nitrogens with two attached hydrogens (primary N) is 1. The van der Waals surface area contributed by atoms with Crippen LogP contribution in [0.1, 0.15) is 10.6 Å². The fourth-order valence-corrected chi connectivity index (χ4v) is 1.85. The number of anilines is 1. The van der Waals surface area contributed by atoms with Crippen LogP contribution in [0.2, 0.25) is 5.02 Å². The zero-order chi connectivity index (χ0) is 9.97. The first-order valence-electron chi connectivity index (χ1n) is 4.06. The van der Waals surface area contributed by atoms with Crippen LogP contribution in [0.4, 0.5) is 5.95 Å². The summed E-state index contributed by atoms with van der Waals surface area (Å²) in [6, 6.07) is 7.67. The molecule has 72 valence electrons. The van der Waals surface area contributed by atoms with Crippen molar-refractivity contribution < 1.29 is 0 Å². The van der Waals surface area contributed by atoms with Crippen LogP contribution >= 0.6 is 23.1 Å². The maximum atomic E-state index is 5.77. The highest BCUT2D eigenvalue weighted by molar-refractivity contribution is 7.05. The van der Waals surface area contributed by atoms with Crippen molar-refractivity contribution in [2.75, 3.05) is 5.73 Å².